The van der Waals surface area contributed by atoms with Crippen molar-refractivity contribution < 1.29 is 13.2 Å². The third-order valence-corrected chi connectivity index (χ3v) is 4.42. The lowest BCUT2D eigenvalue weighted by Gasteiger charge is -2.24. The van der Waals surface area contributed by atoms with Crippen molar-refractivity contribution in [2.24, 2.45) is 0 Å². The molecular weight excluding hydrogens is 266 g/mol. The van der Waals surface area contributed by atoms with Gasteiger partial charge in [0.25, 0.3) is 5.91 Å². The molecule has 6 nitrogen and oxygen atoms in total. The SMILES string of the molecule is CCN(C(=O)c1ccc(C#N)cc1)S(=O)(=O)N(C)C. The van der Waals surface area contributed by atoms with Crippen LogP contribution in [0.15, 0.2) is 24.3 Å². The van der Waals surface area contributed by atoms with E-state index in [1.54, 1.807) is 6.92 Å². The molecule has 0 saturated heterocycles. The Balaban J connectivity index is 3.13. The quantitative estimate of drug-likeness (QED) is 0.818. The first kappa shape index (κ1) is 15.1. The second kappa shape index (κ2) is 5.82. The fourth-order valence-electron chi connectivity index (χ4n) is 1.44. The second-order valence-electron chi connectivity index (χ2n) is 3.95. The van der Waals surface area contributed by atoms with Gasteiger partial charge in [-0.1, -0.05) is 0 Å². The van der Waals surface area contributed by atoms with E-state index in [4.69, 9.17) is 5.26 Å². The zero-order valence-corrected chi connectivity index (χ0v) is 11.8. The van der Waals surface area contributed by atoms with Gasteiger partial charge in [-0.25, -0.2) is 4.31 Å². The predicted molar refractivity (Wildman–Crippen MR) is 70.5 cm³/mol. The fraction of sp³-hybridized carbons (Fsp3) is 0.333. The minimum Gasteiger partial charge on any atom is -0.268 e. The van der Waals surface area contributed by atoms with Crippen LogP contribution in [0.1, 0.15) is 22.8 Å². The molecule has 19 heavy (non-hydrogen) atoms. The Hall–Kier alpha value is -1.91. The number of nitriles is 1. The van der Waals surface area contributed by atoms with E-state index in [9.17, 15) is 13.2 Å². The molecule has 0 heterocycles. The Labute approximate surface area is 113 Å². The van der Waals surface area contributed by atoms with Gasteiger partial charge < -0.3 is 0 Å². The van der Waals surface area contributed by atoms with Gasteiger partial charge in [0.1, 0.15) is 0 Å². The smallest absolute Gasteiger partial charge is 0.268 e. The number of rotatable bonds is 4. The van der Waals surface area contributed by atoms with Gasteiger partial charge in [-0.3, -0.25) is 4.79 Å². The van der Waals surface area contributed by atoms with Crippen molar-refractivity contribution in [1.29, 1.82) is 5.26 Å². The van der Waals surface area contributed by atoms with Crippen LogP contribution in [-0.4, -0.2) is 43.6 Å². The van der Waals surface area contributed by atoms with Crippen LogP contribution in [0.25, 0.3) is 0 Å². The molecule has 102 valence electrons. The highest BCUT2D eigenvalue weighted by molar-refractivity contribution is 7.87. The average Bonchev–Trinajstić information content (AvgIpc) is 2.39. The zero-order chi connectivity index (χ0) is 14.6. The Morgan fingerprint density at radius 2 is 1.79 bits per heavy atom. The molecule has 1 amide bonds. The summed E-state index contributed by atoms with van der Waals surface area (Å²) in [7, 11) is -1.07. The lowest BCUT2D eigenvalue weighted by Crippen LogP contribution is -2.43. The summed E-state index contributed by atoms with van der Waals surface area (Å²) in [5, 5.41) is 8.68. The molecule has 0 aliphatic heterocycles. The molecule has 0 atom stereocenters. The highest BCUT2D eigenvalue weighted by Gasteiger charge is 2.28. The Kier molecular flexibility index (Phi) is 4.64. The molecule has 1 aromatic rings. The van der Waals surface area contributed by atoms with Crippen molar-refractivity contribution in [1.82, 2.24) is 8.61 Å². The number of benzene rings is 1. The van der Waals surface area contributed by atoms with Gasteiger partial charge >= 0.3 is 10.2 Å². The summed E-state index contributed by atoms with van der Waals surface area (Å²) in [6, 6.07) is 7.76. The lowest BCUT2D eigenvalue weighted by molar-refractivity contribution is 0.0861. The Bertz CT molecular complexity index is 600. The first-order valence-electron chi connectivity index (χ1n) is 5.59. The van der Waals surface area contributed by atoms with E-state index in [-0.39, 0.29) is 12.1 Å². The van der Waals surface area contributed by atoms with Crippen molar-refractivity contribution in [3.8, 4) is 6.07 Å². The van der Waals surface area contributed by atoms with Crippen LogP contribution in [0.3, 0.4) is 0 Å². The molecule has 0 aliphatic rings. The monoisotopic (exact) mass is 281 g/mol. The van der Waals surface area contributed by atoms with Crippen LogP contribution in [0, 0.1) is 11.3 Å². The maximum absolute atomic E-state index is 12.2. The number of hydrogen-bond donors (Lipinski definition) is 0. The van der Waals surface area contributed by atoms with Crippen LogP contribution in [0.5, 0.6) is 0 Å². The summed E-state index contributed by atoms with van der Waals surface area (Å²) in [6.07, 6.45) is 0. The summed E-state index contributed by atoms with van der Waals surface area (Å²) in [6.45, 7) is 1.63. The maximum Gasteiger partial charge on any atom is 0.306 e. The minimum absolute atomic E-state index is 0.0410. The maximum atomic E-state index is 12.2. The van der Waals surface area contributed by atoms with E-state index in [0.29, 0.717) is 5.56 Å². The number of hydrogen-bond acceptors (Lipinski definition) is 4. The molecule has 0 aliphatic carbocycles. The van der Waals surface area contributed by atoms with E-state index < -0.39 is 16.1 Å². The fourth-order valence-corrected chi connectivity index (χ4v) is 2.48. The van der Waals surface area contributed by atoms with Crippen LogP contribution in [0.2, 0.25) is 0 Å². The zero-order valence-electron chi connectivity index (χ0n) is 11.0. The number of carbonyl (C=O) groups excluding carboxylic acids is 1. The normalized spacial score (nSPS) is 11.1. The first-order valence-corrected chi connectivity index (χ1v) is 6.99. The Morgan fingerprint density at radius 3 is 2.16 bits per heavy atom. The lowest BCUT2D eigenvalue weighted by atomic mass is 10.1. The molecule has 1 rings (SSSR count). The molecular formula is C12H15N3O3S. The van der Waals surface area contributed by atoms with Crippen LogP contribution >= 0.6 is 0 Å². The molecule has 0 saturated carbocycles. The van der Waals surface area contributed by atoms with Gasteiger partial charge in [0, 0.05) is 26.2 Å². The molecule has 0 N–H and O–H groups in total. The van der Waals surface area contributed by atoms with E-state index in [0.717, 1.165) is 8.61 Å². The van der Waals surface area contributed by atoms with Gasteiger partial charge in [0.2, 0.25) is 0 Å². The van der Waals surface area contributed by atoms with Crippen molar-refractivity contribution in [3.63, 3.8) is 0 Å². The summed E-state index contributed by atoms with van der Waals surface area (Å²) >= 11 is 0. The molecule has 0 fully saturated rings. The van der Waals surface area contributed by atoms with Crippen molar-refractivity contribution >= 4 is 16.1 Å². The number of nitrogens with zero attached hydrogens (tertiary/aromatic N) is 3. The third-order valence-electron chi connectivity index (χ3n) is 2.51. The number of amides is 1. The van der Waals surface area contributed by atoms with Crippen LogP contribution in [0.4, 0.5) is 0 Å². The van der Waals surface area contributed by atoms with Crippen LogP contribution < -0.4 is 0 Å². The largest absolute Gasteiger partial charge is 0.306 e. The number of carbonyl (C=O) groups is 1. The summed E-state index contributed by atoms with van der Waals surface area (Å²) in [5.41, 5.74) is 0.640. The molecule has 0 spiro atoms. The van der Waals surface area contributed by atoms with E-state index in [1.807, 2.05) is 6.07 Å². The standard InChI is InChI=1S/C12H15N3O3S/c1-4-15(19(17,18)14(2)3)12(16)11-7-5-10(9-13)6-8-11/h5-8H,4H2,1-3H3. The van der Waals surface area contributed by atoms with Gasteiger partial charge in [0.05, 0.1) is 11.6 Å². The molecule has 7 heteroatoms. The van der Waals surface area contributed by atoms with Crippen molar-refractivity contribution in [2.45, 2.75) is 6.92 Å². The molecule has 0 unspecified atom stereocenters. The van der Waals surface area contributed by atoms with Gasteiger partial charge in [-0.2, -0.15) is 18.0 Å². The molecule has 0 radical (unpaired) electrons. The van der Waals surface area contributed by atoms with Crippen LogP contribution in [-0.2, 0) is 10.2 Å². The third kappa shape index (κ3) is 3.10. The summed E-state index contributed by atoms with van der Waals surface area (Å²) in [5.74, 6) is -0.610. The summed E-state index contributed by atoms with van der Waals surface area (Å²) in [4.78, 5) is 12.2. The second-order valence-corrected chi connectivity index (χ2v) is 6.02. The molecule has 0 bridgehead atoms. The molecule has 1 aromatic carbocycles. The first-order chi connectivity index (χ1) is 8.84. The van der Waals surface area contributed by atoms with Crippen molar-refractivity contribution in [3.05, 3.63) is 35.4 Å². The van der Waals surface area contributed by atoms with Gasteiger partial charge in [-0.15, -0.1) is 0 Å². The Morgan fingerprint density at radius 1 is 1.26 bits per heavy atom. The van der Waals surface area contributed by atoms with Gasteiger partial charge in [-0.05, 0) is 31.2 Å². The highest BCUT2D eigenvalue weighted by Crippen LogP contribution is 2.12. The predicted octanol–water partition coefficient (Wildman–Crippen LogP) is 0.827. The van der Waals surface area contributed by atoms with Crippen molar-refractivity contribution in [2.75, 3.05) is 20.6 Å². The molecule has 0 aromatic heterocycles. The average molecular weight is 281 g/mol. The minimum atomic E-state index is -3.80. The van der Waals surface area contributed by atoms with Gasteiger partial charge in [0.15, 0.2) is 0 Å². The van der Waals surface area contributed by atoms with E-state index in [2.05, 4.69) is 0 Å². The van der Waals surface area contributed by atoms with E-state index >= 15 is 0 Å². The summed E-state index contributed by atoms with van der Waals surface area (Å²) < 4.78 is 25.7. The van der Waals surface area contributed by atoms with E-state index in [1.165, 1.54) is 38.4 Å². The highest BCUT2D eigenvalue weighted by atomic mass is 32.2. The topological polar surface area (TPSA) is 81.5 Å².